The molecule has 25 heavy (non-hydrogen) atoms. The number of carboxylic acid groups (broad SMARTS) is 1. The molecule has 4 rings (SSSR count). The number of carbonyl (C=O) groups is 1. The summed E-state index contributed by atoms with van der Waals surface area (Å²) in [5.41, 5.74) is 3.72. The maximum atomic E-state index is 11.0. The molecule has 0 spiro atoms. The molecule has 1 aromatic carbocycles. The Labute approximate surface area is 146 Å². The van der Waals surface area contributed by atoms with E-state index in [0.717, 1.165) is 13.1 Å². The van der Waals surface area contributed by atoms with Gasteiger partial charge in [-0.2, -0.15) is 0 Å². The van der Waals surface area contributed by atoms with Gasteiger partial charge >= 0.3 is 5.97 Å². The number of furan rings is 1. The summed E-state index contributed by atoms with van der Waals surface area (Å²) in [7, 11) is 0. The number of aryl methyl sites for hydroxylation is 1. The summed E-state index contributed by atoms with van der Waals surface area (Å²) in [6.07, 6.45) is 2.12. The van der Waals surface area contributed by atoms with Gasteiger partial charge in [0.05, 0.1) is 12.6 Å². The number of hydrogen-bond acceptors (Lipinski definition) is 3. The standard InChI is InChI=1S/C20H20N2O3/c1-14-4-2-5-15(12-14)19-17-6-3-9-21(17)10-11-22(19)13-16-7-8-18(25-16)20(23)24/h2-9,12,19H,10-11,13H2,1H3,(H,23,24). The predicted molar refractivity (Wildman–Crippen MR) is 93.5 cm³/mol. The van der Waals surface area contributed by atoms with Gasteiger partial charge in [-0.3, -0.25) is 4.90 Å². The molecule has 0 aliphatic carbocycles. The van der Waals surface area contributed by atoms with Crippen LogP contribution < -0.4 is 0 Å². The Bertz CT molecular complexity index is 909. The molecule has 0 radical (unpaired) electrons. The van der Waals surface area contributed by atoms with Crippen LogP contribution in [0.15, 0.2) is 59.1 Å². The number of rotatable bonds is 4. The zero-order chi connectivity index (χ0) is 17.4. The van der Waals surface area contributed by atoms with Crippen molar-refractivity contribution in [2.45, 2.75) is 26.1 Å². The molecule has 1 N–H and O–H groups in total. The van der Waals surface area contributed by atoms with Crippen molar-refractivity contribution in [1.29, 1.82) is 0 Å². The minimum absolute atomic E-state index is 0.0116. The highest BCUT2D eigenvalue weighted by Crippen LogP contribution is 2.34. The van der Waals surface area contributed by atoms with Crippen LogP contribution in [0.25, 0.3) is 0 Å². The number of fused-ring (bicyclic) bond motifs is 1. The van der Waals surface area contributed by atoms with Gasteiger partial charge in [-0.05, 0) is 36.8 Å². The van der Waals surface area contributed by atoms with E-state index in [1.165, 1.54) is 22.9 Å². The molecule has 0 amide bonds. The molecule has 0 saturated carbocycles. The highest BCUT2D eigenvalue weighted by atomic mass is 16.4. The summed E-state index contributed by atoms with van der Waals surface area (Å²) in [6.45, 7) is 4.47. The van der Waals surface area contributed by atoms with E-state index in [2.05, 4.69) is 59.0 Å². The summed E-state index contributed by atoms with van der Waals surface area (Å²) in [5.74, 6) is -0.369. The molecule has 128 valence electrons. The van der Waals surface area contributed by atoms with Crippen LogP contribution in [0.1, 0.15) is 39.2 Å². The van der Waals surface area contributed by atoms with Crippen molar-refractivity contribution < 1.29 is 14.3 Å². The van der Waals surface area contributed by atoms with Crippen LogP contribution in [0, 0.1) is 6.92 Å². The van der Waals surface area contributed by atoms with Crippen LogP contribution >= 0.6 is 0 Å². The van der Waals surface area contributed by atoms with Crippen molar-refractivity contribution in [3.63, 3.8) is 0 Å². The van der Waals surface area contributed by atoms with Crippen molar-refractivity contribution in [1.82, 2.24) is 9.47 Å². The Balaban J connectivity index is 1.69. The molecule has 1 atom stereocenters. The molecular weight excluding hydrogens is 316 g/mol. The van der Waals surface area contributed by atoms with Crippen LogP contribution in [0.3, 0.4) is 0 Å². The van der Waals surface area contributed by atoms with Gasteiger partial charge in [-0.1, -0.05) is 29.8 Å². The van der Waals surface area contributed by atoms with Gasteiger partial charge in [0.15, 0.2) is 0 Å². The Morgan fingerprint density at radius 3 is 2.84 bits per heavy atom. The van der Waals surface area contributed by atoms with Crippen LogP contribution in [0.4, 0.5) is 0 Å². The van der Waals surface area contributed by atoms with Gasteiger partial charge in [0.1, 0.15) is 5.76 Å². The van der Waals surface area contributed by atoms with E-state index in [1.54, 1.807) is 6.07 Å². The third-order valence-electron chi connectivity index (χ3n) is 4.73. The lowest BCUT2D eigenvalue weighted by Gasteiger charge is -2.37. The maximum Gasteiger partial charge on any atom is 0.371 e. The molecule has 1 aliphatic heterocycles. The molecule has 3 heterocycles. The Hall–Kier alpha value is -2.79. The first-order chi connectivity index (χ1) is 12.1. The Morgan fingerprint density at radius 2 is 2.08 bits per heavy atom. The van der Waals surface area contributed by atoms with Gasteiger partial charge in [0, 0.05) is 25.0 Å². The third kappa shape index (κ3) is 2.98. The van der Waals surface area contributed by atoms with Crippen LogP contribution in [-0.4, -0.2) is 27.1 Å². The van der Waals surface area contributed by atoms with Crippen molar-refractivity contribution in [3.05, 3.63) is 83.1 Å². The smallest absolute Gasteiger partial charge is 0.371 e. The molecule has 5 heteroatoms. The Kier molecular flexibility index (Phi) is 3.93. The minimum Gasteiger partial charge on any atom is -0.475 e. The number of aromatic carboxylic acids is 1. The second-order valence-electron chi connectivity index (χ2n) is 6.48. The average Bonchev–Trinajstić information content (AvgIpc) is 3.23. The number of hydrogen-bond donors (Lipinski definition) is 1. The largest absolute Gasteiger partial charge is 0.475 e. The summed E-state index contributed by atoms with van der Waals surface area (Å²) in [4.78, 5) is 13.4. The minimum atomic E-state index is -1.03. The molecule has 1 unspecified atom stereocenters. The van der Waals surface area contributed by atoms with Crippen molar-refractivity contribution in [3.8, 4) is 0 Å². The SMILES string of the molecule is Cc1cccc(C2c3cccn3CCN2Cc2ccc(C(=O)O)o2)c1. The van der Waals surface area contributed by atoms with E-state index < -0.39 is 5.97 Å². The number of benzene rings is 1. The second kappa shape index (κ2) is 6.26. The normalized spacial score (nSPS) is 17.4. The first-order valence-corrected chi connectivity index (χ1v) is 8.39. The van der Waals surface area contributed by atoms with Crippen LogP contribution in [0.2, 0.25) is 0 Å². The van der Waals surface area contributed by atoms with E-state index in [0.29, 0.717) is 12.3 Å². The highest BCUT2D eigenvalue weighted by Gasteiger charge is 2.29. The molecule has 0 fully saturated rings. The quantitative estimate of drug-likeness (QED) is 0.789. The lowest BCUT2D eigenvalue weighted by atomic mass is 9.98. The number of carboxylic acids is 1. The van der Waals surface area contributed by atoms with Crippen molar-refractivity contribution in [2.75, 3.05) is 6.54 Å². The first kappa shape index (κ1) is 15.7. The average molecular weight is 336 g/mol. The van der Waals surface area contributed by atoms with E-state index in [1.807, 2.05) is 0 Å². The van der Waals surface area contributed by atoms with E-state index >= 15 is 0 Å². The number of nitrogens with zero attached hydrogens (tertiary/aromatic N) is 2. The summed E-state index contributed by atoms with van der Waals surface area (Å²) < 4.78 is 7.76. The number of aromatic nitrogens is 1. The molecule has 0 saturated heterocycles. The molecular formula is C20H20N2O3. The van der Waals surface area contributed by atoms with Crippen LogP contribution in [-0.2, 0) is 13.1 Å². The summed E-state index contributed by atoms with van der Waals surface area (Å²) >= 11 is 0. The fourth-order valence-corrected chi connectivity index (χ4v) is 3.60. The molecule has 3 aromatic rings. The van der Waals surface area contributed by atoms with Gasteiger partial charge in [-0.15, -0.1) is 0 Å². The third-order valence-corrected chi connectivity index (χ3v) is 4.73. The monoisotopic (exact) mass is 336 g/mol. The predicted octanol–water partition coefficient (Wildman–Crippen LogP) is 3.69. The molecule has 5 nitrogen and oxygen atoms in total. The van der Waals surface area contributed by atoms with Gasteiger partial charge < -0.3 is 14.1 Å². The van der Waals surface area contributed by atoms with E-state index in [4.69, 9.17) is 9.52 Å². The summed E-state index contributed by atoms with van der Waals surface area (Å²) in [5, 5.41) is 9.06. The molecule has 2 aromatic heterocycles. The van der Waals surface area contributed by atoms with Crippen molar-refractivity contribution >= 4 is 5.97 Å². The fraction of sp³-hybridized carbons (Fsp3) is 0.250. The van der Waals surface area contributed by atoms with Gasteiger partial charge in [-0.25, -0.2) is 4.79 Å². The topological polar surface area (TPSA) is 58.6 Å². The second-order valence-corrected chi connectivity index (χ2v) is 6.48. The molecule has 0 bridgehead atoms. The van der Waals surface area contributed by atoms with Gasteiger partial charge in [0.2, 0.25) is 5.76 Å². The first-order valence-electron chi connectivity index (χ1n) is 8.39. The van der Waals surface area contributed by atoms with E-state index in [9.17, 15) is 4.79 Å². The lowest BCUT2D eigenvalue weighted by Crippen LogP contribution is -2.37. The van der Waals surface area contributed by atoms with Crippen LogP contribution in [0.5, 0.6) is 0 Å². The van der Waals surface area contributed by atoms with E-state index in [-0.39, 0.29) is 11.8 Å². The lowest BCUT2D eigenvalue weighted by molar-refractivity contribution is 0.0656. The maximum absolute atomic E-state index is 11.0. The van der Waals surface area contributed by atoms with Crippen molar-refractivity contribution in [2.24, 2.45) is 0 Å². The zero-order valence-corrected chi connectivity index (χ0v) is 14.1. The summed E-state index contributed by atoms with van der Waals surface area (Å²) in [6, 6.07) is 16.2. The Morgan fingerprint density at radius 1 is 1.20 bits per heavy atom. The fourth-order valence-electron chi connectivity index (χ4n) is 3.60. The molecule has 1 aliphatic rings. The zero-order valence-electron chi connectivity index (χ0n) is 14.1. The van der Waals surface area contributed by atoms with Gasteiger partial charge in [0.25, 0.3) is 0 Å². The highest BCUT2D eigenvalue weighted by molar-refractivity contribution is 5.84.